The van der Waals surface area contributed by atoms with Crippen molar-refractivity contribution in [3.05, 3.63) is 52.0 Å². The number of thiazole rings is 1. The van der Waals surface area contributed by atoms with Crippen LogP contribution in [0, 0.1) is 11.3 Å². The number of hydrogen-bond acceptors (Lipinski definition) is 4. The van der Waals surface area contributed by atoms with Crippen LogP contribution >= 0.6 is 11.3 Å². The first-order valence-electron chi connectivity index (χ1n) is 5.41. The smallest absolute Gasteiger partial charge is 0.109 e. The van der Waals surface area contributed by atoms with E-state index in [1.807, 2.05) is 35.8 Å². The largest absolute Gasteiger partial charge is 0.304 e. The second-order valence-corrected chi connectivity index (χ2v) is 4.71. The van der Waals surface area contributed by atoms with Gasteiger partial charge in [-0.1, -0.05) is 12.1 Å². The molecular weight excluding hydrogens is 230 g/mol. The van der Waals surface area contributed by atoms with E-state index in [-0.39, 0.29) is 6.04 Å². The lowest BCUT2D eigenvalue weighted by atomic mass is 10.1. The zero-order valence-corrected chi connectivity index (χ0v) is 10.4. The summed E-state index contributed by atoms with van der Waals surface area (Å²) in [5.74, 6) is 0. The van der Waals surface area contributed by atoms with Gasteiger partial charge in [0, 0.05) is 18.1 Å². The van der Waals surface area contributed by atoms with Crippen molar-refractivity contribution in [1.29, 1.82) is 5.26 Å². The monoisotopic (exact) mass is 243 g/mol. The SMILES string of the molecule is CC(NCc1cccc(C#N)c1)c1nccs1. The molecule has 0 aliphatic heterocycles. The fourth-order valence-corrected chi connectivity index (χ4v) is 2.23. The Labute approximate surface area is 105 Å². The topological polar surface area (TPSA) is 48.7 Å². The van der Waals surface area contributed by atoms with Gasteiger partial charge in [0.05, 0.1) is 17.7 Å². The number of aromatic nitrogens is 1. The molecule has 17 heavy (non-hydrogen) atoms. The molecule has 0 radical (unpaired) electrons. The van der Waals surface area contributed by atoms with E-state index < -0.39 is 0 Å². The molecular formula is C13H13N3S. The minimum Gasteiger partial charge on any atom is -0.304 e. The highest BCUT2D eigenvalue weighted by Crippen LogP contribution is 2.15. The lowest BCUT2D eigenvalue weighted by Gasteiger charge is -2.11. The third kappa shape index (κ3) is 3.13. The van der Waals surface area contributed by atoms with Gasteiger partial charge in [-0.25, -0.2) is 4.98 Å². The highest BCUT2D eigenvalue weighted by Gasteiger charge is 2.06. The Hall–Kier alpha value is -1.70. The summed E-state index contributed by atoms with van der Waals surface area (Å²) >= 11 is 1.65. The van der Waals surface area contributed by atoms with Crippen molar-refractivity contribution in [1.82, 2.24) is 10.3 Å². The maximum absolute atomic E-state index is 8.81. The Kier molecular flexibility index (Phi) is 3.86. The van der Waals surface area contributed by atoms with Gasteiger partial charge >= 0.3 is 0 Å². The van der Waals surface area contributed by atoms with E-state index >= 15 is 0 Å². The van der Waals surface area contributed by atoms with Crippen molar-refractivity contribution in [2.24, 2.45) is 0 Å². The molecule has 2 rings (SSSR count). The third-order valence-electron chi connectivity index (χ3n) is 2.49. The van der Waals surface area contributed by atoms with Crippen molar-refractivity contribution in [2.75, 3.05) is 0 Å². The Bertz CT molecular complexity index is 514. The molecule has 1 unspecified atom stereocenters. The number of nitrogens with one attached hydrogen (secondary N) is 1. The Morgan fingerprint density at radius 1 is 1.53 bits per heavy atom. The standard InChI is InChI=1S/C13H13N3S/c1-10(13-15-5-6-17-13)16-9-12-4-2-3-11(7-12)8-14/h2-7,10,16H,9H2,1H3. The minimum absolute atomic E-state index is 0.237. The summed E-state index contributed by atoms with van der Waals surface area (Å²) in [6, 6.07) is 10.0. The van der Waals surface area contributed by atoms with Gasteiger partial charge < -0.3 is 5.32 Å². The van der Waals surface area contributed by atoms with Crippen LogP contribution in [0.15, 0.2) is 35.8 Å². The molecule has 0 fully saturated rings. The summed E-state index contributed by atoms with van der Waals surface area (Å²) in [5.41, 5.74) is 1.82. The van der Waals surface area contributed by atoms with Gasteiger partial charge in [0.25, 0.3) is 0 Å². The molecule has 0 bridgehead atoms. The molecule has 1 aromatic heterocycles. The van der Waals surface area contributed by atoms with Gasteiger partial charge in [-0.3, -0.25) is 0 Å². The van der Waals surface area contributed by atoms with Crippen LogP contribution in [0.5, 0.6) is 0 Å². The summed E-state index contributed by atoms with van der Waals surface area (Å²) in [7, 11) is 0. The molecule has 1 aromatic carbocycles. The number of benzene rings is 1. The Balaban J connectivity index is 1.96. The lowest BCUT2D eigenvalue weighted by Crippen LogP contribution is -2.17. The first-order valence-corrected chi connectivity index (χ1v) is 6.29. The third-order valence-corrected chi connectivity index (χ3v) is 3.45. The molecule has 4 heteroatoms. The van der Waals surface area contributed by atoms with Gasteiger partial charge in [0.2, 0.25) is 0 Å². The number of rotatable bonds is 4. The minimum atomic E-state index is 0.237. The molecule has 0 saturated heterocycles. The second-order valence-electron chi connectivity index (χ2n) is 3.79. The van der Waals surface area contributed by atoms with E-state index in [1.54, 1.807) is 11.3 Å². The van der Waals surface area contributed by atoms with Gasteiger partial charge in [0.15, 0.2) is 0 Å². The highest BCUT2D eigenvalue weighted by atomic mass is 32.1. The van der Waals surface area contributed by atoms with Crippen molar-refractivity contribution < 1.29 is 0 Å². The zero-order valence-electron chi connectivity index (χ0n) is 9.55. The van der Waals surface area contributed by atoms with Crippen molar-refractivity contribution in [2.45, 2.75) is 19.5 Å². The molecule has 3 nitrogen and oxygen atoms in total. The van der Waals surface area contributed by atoms with Crippen LogP contribution in [0.4, 0.5) is 0 Å². The van der Waals surface area contributed by atoms with Crippen LogP contribution in [0.25, 0.3) is 0 Å². The van der Waals surface area contributed by atoms with E-state index in [2.05, 4.69) is 23.3 Å². The summed E-state index contributed by atoms with van der Waals surface area (Å²) in [6.45, 7) is 2.84. The molecule has 0 spiro atoms. The average molecular weight is 243 g/mol. The average Bonchev–Trinajstić information content (AvgIpc) is 2.90. The molecule has 2 aromatic rings. The second kappa shape index (κ2) is 5.58. The van der Waals surface area contributed by atoms with E-state index in [4.69, 9.17) is 5.26 Å². The van der Waals surface area contributed by atoms with Crippen LogP contribution in [0.2, 0.25) is 0 Å². The van der Waals surface area contributed by atoms with Crippen molar-refractivity contribution >= 4 is 11.3 Å². The van der Waals surface area contributed by atoms with Gasteiger partial charge in [-0.05, 0) is 24.6 Å². The molecule has 1 N–H and O–H groups in total. The van der Waals surface area contributed by atoms with E-state index in [1.165, 1.54) is 0 Å². The lowest BCUT2D eigenvalue weighted by molar-refractivity contribution is 0.572. The summed E-state index contributed by atoms with van der Waals surface area (Å²) in [6.07, 6.45) is 1.81. The Morgan fingerprint density at radius 3 is 3.12 bits per heavy atom. The number of nitrogens with zero attached hydrogens (tertiary/aromatic N) is 2. The fraction of sp³-hybridized carbons (Fsp3) is 0.231. The molecule has 1 heterocycles. The molecule has 1 atom stereocenters. The first kappa shape index (κ1) is 11.8. The molecule has 0 aliphatic carbocycles. The quantitative estimate of drug-likeness (QED) is 0.898. The van der Waals surface area contributed by atoms with Crippen LogP contribution < -0.4 is 5.32 Å². The predicted octanol–water partition coefficient (Wildman–Crippen LogP) is 2.87. The molecule has 0 saturated carbocycles. The van der Waals surface area contributed by atoms with E-state index in [0.717, 1.165) is 17.1 Å². The fourth-order valence-electron chi connectivity index (χ4n) is 1.56. The van der Waals surface area contributed by atoms with Crippen molar-refractivity contribution in [3.8, 4) is 6.07 Å². The maximum Gasteiger partial charge on any atom is 0.109 e. The van der Waals surface area contributed by atoms with Crippen LogP contribution in [-0.2, 0) is 6.54 Å². The maximum atomic E-state index is 8.81. The van der Waals surface area contributed by atoms with Crippen LogP contribution in [0.3, 0.4) is 0 Å². The molecule has 86 valence electrons. The van der Waals surface area contributed by atoms with Gasteiger partial charge in [-0.15, -0.1) is 11.3 Å². The zero-order chi connectivity index (χ0) is 12.1. The van der Waals surface area contributed by atoms with Crippen LogP contribution in [0.1, 0.15) is 29.1 Å². The molecule has 0 amide bonds. The number of hydrogen-bond donors (Lipinski definition) is 1. The van der Waals surface area contributed by atoms with Crippen LogP contribution in [-0.4, -0.2) is 4.98 Å². The van der Waals surface area contributed by atoms with Crippen molar-refractivity contribution in [3.63, 3.8) is 0 Å². The summed E-state index contributed by atoms with van der Waals surface area (Å²) < 4.78 is 0. The first-order chi connectivity index (χ1) is 8.29. The van der Waals surface area contributed by atoms with Gasteiger partial charge in [0.1, 0.15) is 5.01 Å². The van der Waals surface area contributed by atoms with E-state index in [9.17, 15) is 0 Å². The predicted molar refractivity (Wildman–Crippen MR) is 68.5 cm³/mol. The summed E-state index contributed by atoms with van der Waals surface area (Å²) in [5, 5.41) is 15.3. The van der Waals surface area contributed by atoms with E-state index in [0.29, 0.717) is 5.56 Å². The Morgan fingerprint density at radius 2 is 2.41 bits per heavy atom. The highest BCUT2D eigenvalue weighted by molar-refractivity contribution is 7.09. The normalized spacial score (nSPS) is 12.0. The molecule has 0 aliphatic rings. The number of nitriles is 1. The van der Waals surface area contributed by atoms with Gasteiger partial charge in [-0.2, -0.15) is 5.26 Å². The summed E-state index contributed by atoms with van der Waals surface area (Å²) in [4.78, 5) is 4.27.